The molecule has 0 amide bonds. The first-order valence-electron chi connectivity index (χ1n) is 10.3. The number of methoxy groups -OCH3 is 1. The van der Waals surface area contributed by atoms with Crippen molar-refractivity contribution in [3.63, 3.8) is 0 Å². The van der Waals surface area contributed by atoms with Gasteiger partial charge >= 0.3 is 0 Å². The number of aliphatic hydroxyl groups excluding tert-OH is 5. The number of phenols is 2. The van der Waals surface area contributed by atoms with Gasteiger partial charge in [-0.3, -0.25) is 0 Å². The number of aromatic hydroxyl groups is 2. The van der Waals surface area contributed by atoms with E-state index in [9.17, 15) is 30.6 Å². The van der Waals surface area contributed by atoms with E-state index in [0.717, 1.165) is 0 Å². The summed E-state index contributed by atoms with van der Waals surface area (Å²) in [6.45, 7) is -0.713. The van der Waals surface area contributed by atoms with Crippen LogP contribution in [0.3, 0.4) is 0 Å². The number of phenolic OH excluding ortho intramolecular Hbond substituents is 2. The van der Waals surface area contributed by atoms with Gasteiger partial charge in [-0.25, -0.2) is 0 Å². The zero-order chi connectivity index (χ0) is 23.9. The SMILES string of the molecule is COc1cc(O)c2c(c1)O[C@@H](c1ccc(O)cc1)[C@H](O[C@H]1O[C@@H]([C@H](O)CO)[C@@H](O)[C@@H]1O)[C@H]2O. The molecule has 0 unspecified atom stereocenters. The summed E-state index contributed by atoms with van der Waals surface area (Å²) >= 11 is 0. The highest BCUT2D eigenvalue weighted by Crippen LogP contribution is 2.49. The molecule has 1 fully saturated rings. The van der Waals surface area contributed by atoms with E-state index < -0.39 is 55.6 Å². The molecular formula is C22H26O11. The molecule has 0 saturated carbocycles. The zero-order valence-electron chi connectivity index (χ0n) is 17.6. The summed E-state index contributed by atoms with van der Waals surface area (Å²) in [6, 6.07) is 8.71. The third-order valence-corrected chi connectivity index (χ3v) is 5.82. The largest absolute Gasteiger partial charge is 0.508 e. The Kier molecular flexibility index (Phi) is 6.64. The van der Waals surface area contributed by atoms with Crippen LogP contribution in [0.1, 0.15) is 23.3 Å². The van der Waals surface area contributed by atoms with E-state index in [-0.39, 0.29) is 22.8 Å². The van der Waals surface area contributed by atoms with Crippen molar-refractivity contribution in [1.29, 1.82) is 0 Å². The van der Waals surface area contributed by atoms with E-state index in [0.29, 0.717) is 11.3 Å². The van der Waals surface area contributed by atoms with Gasteiger partial charge in [0.15, 0.2) is 12.4 Å². The lowest BCUT2D eigenvalue weighted by Crippen LogP contribution is -2.43. The number of ether oxygens (including phenoxy) is 4. The molecule has 2 aliphatic heterocycles. The number of fused-ring (bicyclic) bond motifs is 1. The van der Waals surface area contributed by atoms with Crippen LogP contribution in [0.25, 0.3) is 0 Å². The van der Waals surface area contributed by atoms with Gasteiger partial charge in [0.25, 0.3) is 0 Å². The molecule has 2 aromatic rings. The summed E-state index contributed by atoms with van der Waals surface area (Å²) in [5, 5.41) is 70.8. The van der Waals surface area contributed by atoms with Crippen LogP contribution in [0.15, 0.2) is 36.4 Å². The van der Waals surface area contributed by atoms with Crippen molar-refractivity contribution < 1.29 is 54.7 Å². The van der Waals surface area contributed by atoms with Crippen LogP contribution in [0.4, 0.5) is 0 Å². The van der Waals surface area contributed by atoms with Crippen molar-refractivity contribution >= 4 is 0 Å². The molecule has 7 N–H and O–H groups in total. The molecule has 0 bridgehead atoms. The molecule has 0 aromatic heterocycles. The van der Waals surface area contributed by atoms with E-state index in [1.54, 1.807) is 12.1 Å². The maximum absolute atomic E-state index is 11.1. The van der Waals surface area contributed by atoms with Gasteiger partial charge in [-0.1, -0.05) is 12.1 Å². The molecule has 11 heteroatoms. The van der Waals surface area contributed by atoms with E-state index in [2.05, 4.69) is 0 Å². The van der Waals surface area contributed by atoms with Crippen molar-refractivity contribution in [3.05, 3.63) is 47.5 Å². The molecule has 2 aliphatic rings. The Morgan fingerprint density at radius 2 is 1.73 bits per heavy atom. The minimum atomic E-state index is -1.60. The fraction of sp³-hybridized carbons (Fsp3) is 0.455. The highest BCUT2D eigenvalue weighted by molar-refractivity contribution is 5.53. The molecule has 0 radical (unpaired) electrons. The van der Waals surface area contributed by atoms with Crippen molar-refractivity contribution in [2.45, 2.75) is 49.0 Å². The van der Waals surface area contributed by atoms with E-state index in [4.69, 9.17) is 24.1 Å². The van der Waals surface area contributed by atoms with E-state index >= 15 is 0 Å². The summed E-state index contributed by atoms with van der Waals surface area (Å²) in [5.41, 5.74) is 0.514. The predicted molar refractivity (Wildman–Crippen MR) is 110 cm³/mol. The molecular weight excluding hydrogens is 440 g/mol. The standard InChI is InChI=1S/C22H26O11/c1-30-11-6-12(25)15-14(7-11)31-19(9-2-4-10(24)5-3-9)21(16(15)27)33-22-18(29)17(28)20(32-22)13(26)8-23/h2-7,13,16-29H,8H2,1H3/t13-,16+,17+,18+,19+,20+,21-,22-/m1/s1. The monoisotopic (exact) mass is 466 g/mol. The Labute approximate surface area is 188 Å². The quantitative estimate of drug-likeness (QED) is 0.291. The van der Waals surface area contributed by atoms with Gasteiger partial charge in [0.1, 0.15) is 59.6 Å². The Hall–Kier alpha value is -2.64. The summed E-state index contributed by atoms with van der Waals surface area (Å²) in [7, 11) is 1.41. The average Bonchev–Trinajstić information content (AvgIpc) is 3.08. The maximum Gasteiger partial charge on any atom is 0.187 e. The fourth-order valence-corrected chi connectivity index (χ4v) is 4.06. The van der Waals surface area contributed by atoms with Gasteiger partial charge in [-0.15, -0.1) is 0 Å². The lowest BCUT2D eigenvalue weighted by atomic mass is 9.91. The van der Waals surface area contributed by atoms with Gasteiger partial charge in [0, 0.05) is 12.1 Å². The predicted octanol–water partition coefficient (Wildman–Crippen LogP) is -0.541. The second-order valence-electron chi connectivity index (χ2n) is 7.93. The van der Waals surface area contributed by atoms with Crippen molar-refractivity contribution in [3.8, 4) is 23.0 Å². The molecule has 8 atom stereocenters. The Morgan fingerprint density at radius 1 is 1.03 bits per heavy atom. The van der Waals surface area contributed by atoms with Crippen LogP contribution < -0.4 is 9.47 Å². The van der Waals surface area contributed by atoms with E-state index in [1.807, 2.05) is 0 Å². The third-order valence-electron chi connectivity index (χ3n) is 5.82. The van der Waals surface area contributed by atoms with Crippen LogP contribution in [-0.4, -0.2) is 86.3 Å². The highest BCUT2D eigenvalue weighted by atomic mass is 16.7. The normalized spacial score (nSPS) is 32.1. The van der Waals surface area contributed by atoms with Crippen LogP contribution in [0, 0.1) is 0 Å². The number of hydrogen-bond donors (Lipinski definition) is 7. The van der Waals surface area contributed by atoms with Crippen LogP contribution >= 0.6 is 0 Å². The first-order valence-corrected chi connectivity index (χ1v) is 10.3. The molecule has 11 nitrogen and oxygen atoms in total. The molecule has 2 heterocycles. The van der Waals surface area contributed by atoms with Gasteiger partial charge in [0.2, 0.25) is 0 Å². The van der Waals surface area contributed by atoms with Crippen molar-refractivity contribution in [1.82, 2.24) is 0 Å². The Morgan fingerprint density at radius 3 is 2.36 bits per heavy atom. The van der Waals surface area contributed by atoms with Gasteiger partial charge in [0.05, 0.1) is 19.3 Å². The molecule has 33 heavy (non-hydrogen) atoms. The molecule has 4 rings (SSSR count). The van der Waals surface area contributed by atoms with Crippen molar-refractivity contribution in [2.75, 3.05) is 13.7 Å². The lowest BCUT2D eigenvalue weighted by molar-refractivity contribution is -0.239. The Balaban J connectivity index is 1.70. The first kappa shape index (κ1) is 23.5. The molecule has 2 aromatic carbocycles. The molecule has 1 saturated heterocycles. The molecule has 0 spiro atoms. The highest BCUT2D eigenvalue weighted by Gasteiger charge is 2.50. The second kappa shape index (κ2) is 9.31. The topological polar surface area (TPSA) is 179 Å². The molecule has 0 aliphatic carbocycles. The minimum absolute atomic E-state index is 0.00536. The van der Waals surface area contributed by atoms with E-state index in [1.165, 1.54) is 31.4 Å². The zero-order valence-corrected chi connectivity index (χ0v) is 17.6. The number of rotatable bonds is 6. The summed E-state index contributed by atoms with van der Waals surface area (Å²) in [4.78, 5) is 0. The van der Waals surface area contributed by atoms with Crippen LogP contribution in [-0.2, 0) is 9.47 Å². The fourth-order valence-electron chi connectivity index (χ4n) is 4.06. The summed E-state index contributed by atoms with van der Waals surface area (Å²) in [6.07, 6.45) is -11.2. The smallest absolute Gasteiger partial charge is 0.187 e. The Bertz CT molecular complexity index is 966. The maximum atomic E-state index is 11.1. The average molecular weight is 466 g/mol. The second-order valence-corrected chi connectivity index (χ2v) is 7.93. The summed E-state index contributed by atoms with van der Waals surface area (Å²) < 4.78 is 22.4. The van der Waals surface area contributed by atoms with Crippen LogP contribution in [0.5, 0.6) is 23.0 Å². The minimum Gasteiger partial charge on any atom is -0.508 e. The van der Waals surface area contributed by atoms with Crippen molar-refractivity contribution in [2.24, 2.45) is 0 Å². The first-order chi connectivity index (χ1) is 15.7. The molecule has 180 valence electrons. The van der Waals surface area contributed by atoms with Crippen LogP contribution in [0.2, 0.25) is 0 Å². The lowest BCUT2D eigenvalue weighted by Gasteiger charge is -2.39. The van der Waals surface area contributed by atoms with Gasteiger partial charge in [-0.2, -0.15) is 0 Å². The van der Waals surface area contributed by atoms with Gasteiger partial charge < -0.3 is 54.7 Å². The number of aliphatic hydroxyl groups is 5. The van der Waals surface area contributed by atoms with Gasteiger partial charge in [-0.05, 0) is 17.7 Å². The number of hydrogen-bond acceptors (Lipinski definition) is 11. The number of benzene rings is 2. The third kappa shape index (κ3) is 4.32. The summed E-state index contributed by atoms with van der Waals surface area (Å²) in [5.74, 6) is 0.126.